The highest BCUT2D eigenvalue weighted by atomic mass is 19.4. The SMILES string of the molecule is O=C(O)c1ccc(-c2ccc(CC3CCN(C4CCCCC4)C3=O)c(OC(F)(F)F)c2)cc1. The van der Waals surface area contributed by atoms with Crippen LogP contribution in [-0.4, -0.2) is 40.8 Å². The molecule has 176 valence electrons. The molecule has 0 radical (unpaired) electrons. The minimum Gasteiger partial charge on any atom is -0.478 e. The summed E-state index contributed by atoms with van der Waals surface area (Å²) in [7, 11) is 0. The number of alkyl halides is 3. The Balaban J connectivity index is 1.56. The van der Waals surface area contributed by atoms with Crippen LogP contribution in [0, 0.1) is 5.92 Å². The van der Waals surface area contributed by atoms with Gasteiger partial charge in [0.25, 0.3) is 0 Å². The molecule has 1 N–H and O–H groups in total. The van der Waals surface area contributed by atoms with E-state index in [1.54, 1.807) is 24.3 Å². The van der Waals surface area contributed by atoms with E-state index in [1.807, 2.05) is 4.90 Å². The van der Waals surface area contributed by atoms with Gasteiger partial charge in [0.2, 0.25) is 5.91 Å². The molecule has 1 heterocycles. The summed E-state index contributed by atoms with van der Waals surface area (Å²) < 4.78 is 43.7. The predicted octanol–water partition coefficient (Wildman–Crippen LogP) is 5.67. The Kier molecular flexibility index (Phi) is 6.63. The van der Waals surface area contributed by atoms with E-state index in [0.717, 1.165) is 25.7 Å². The highest BCUT2D eigenvalue weighted by Gasteiger charge is 2.37. The van der Waals surface area contributed by atoms with Crippen LogP contribution in [0.5, 0.6) is 5.75 Å². The number of likely N-dealkylation sites (tertiary alicyclic amines) is 1. The van der Waals surface area contributed by atoms with Gasteiger partial charge in [-0.2, -0.15) is 0 Å². The molecule has 0 bridgehead atoms. The molecule has 5 nitrogen and oxygen atoms in total. The maximum absolute atomic E-state index is 13.1. The smallest absolute Gasteiger partial charge is 0.478 e. The Morgan fingerprint density at radius 1 is 1.00 bits per heavy atom. The Morgan fingerprint density at radius 2 is 1.67 bits per heavy atom. The lowest BCUT2D eigenvalue weighted by Gasteiger charge is -2.31. The van der Waals surface area contributed by atoms with Crippen LogP contribution in [0.25, 0.3) is 11.1 Å². The fourth-order valence-corrected chi connectivity index (χ4v) is 4.90. The summed E-state index contributed by atoms with van der Waals surface area (Å²) in [5.41, 5.74) is 1.46. The van der Waals surface area contributed by atoms with E-state index in [2.05, 4.69) is 4.74 Å². The van der Waals surface area contributed by atoms with Gasteiger partial charge in [-0.25, -0.2) is 4.79 Å². The first-order chi connectivity index (χ1) is 15.7. The molecular weight excluding hydrogens is 435 g/mol. The topological polar surface area (TPSA) is 66.8 Å². The summed E-state index contributed by atoms with van der Waals surface area (Å²) in [6, 6.07) is 10.7. The number of carbonyl (C=O) groups excluding carboxylic acids is 1. The van der Waals surface area contributed by atoms with Gasteiger partial charge in [-0.15, -0.1) is 13.2 Å². The summed E-state index contributed by atoms with van der Waals surface area (Å²) in [5, 5.41) is 9.04. The minimum atomic E-state index is -4.87. The summed E-state index contributed by atoms with van der Waals surface area (Å²) >= 11 is 0. The fraction of sp³-hybridized carbons (Fsp3) is 0.440. The second kappa shape index (κ2) is 9.45. The Hall–Kier alpha value is -3.03. The molecule has 2 aromatic rings. The van der Waals surface area contributed by atoms with Crippen molar-refractivity contribution in [2.45, 2.75) is 57.3 Å². The van der Waals surface area contributed by atoms with Crippen molar-refractivity contribution in [3.8, 4) is 16.9 Å². The average Bonchev–Trinajstić information content (AvgIpc) is 3.14. The van der Waals surface area contributed by atoms with Gasteiger partial charge >= 0.3 is 12.3 Å². The first-order valence-electron chi connectivity index (χ1n) is 11.2. The standard InChI is InChI=1S/C25H26F3NO4/c26-25(27,28)33-22-15-18(16-6-8-17(9-7-16)24(31)32)10-11-19(22)14-20-12-13-29(23(20)30)21-4-2-1-3-5-21/h6-11,15,20-21H,1-5,12-14H2,(H,31,32). The zero-order chi connectivity index (χ0) is 23.6. The van der Waals surface area contributed by atoms with Crippen LogP contribution in [0.4, 0.5) is 13.2 Å². The third-order valence-corrected chi connectivity index (χ3v) is 6.59. The van der Waals surface area contributed by atoms with Crippen molar-refractivity contribution in [1.29, 1.82) is 0 Å². The number of carbonyl (C=O) groups is 2. The summed E-state index contributed by atoms with van der Waals surface area (Å²) in [6.07, 6.45) is 1.34. The van der Waals surface area contributed by atoms with E-state index in [-0.39, 0.29) is 35.6 Å². The molecule has 2 fully saturated rings. The van der Waals surface area contributed by atoms with Gasteiger partial charge in [-0.05, 0) is 60.6 Å². The Morgan fingerprint density at radius 3 is 2.30 bits per heavy atom. The van der Waals surface area contributed by atoms with E-state index >= 15 is 0 Å². The van der Waals surface area contributed by atoms with Crippen molar-refractivity contribution in [3.05, 3.63) is 53.6 Å². The third kappa shape index (κ3) is 5.49. The number of ether oxygens (including phenoxy) is 1. The van der Waals surface area contributed by atoms with Crippen LogP contribution in [0.2, 0.25) is 0 Å². The molecule has 1 atom stereocenters. The van der Waals surface area contributed by atoms with E-state index in [4.69, 9.17) is 5.11 Å². The maximum atomic E-state index is 13.1. The van der Waals surface area contributed by atoms with Gasteiger partial charge < -0.3 is 14.7 Å². The molecule has 2 aromatic carbocycles. The quantitative estimate of drug-likeness (QED) is 0.602. The molecule has 1 amide bonds. The van der Waals surface area contributed by atoms with Crippen LogP contribution in [0.3, 0.4) is 0 Å². The highest BCUT2D eigenvalue weighted by molar-refractivity contribution is 5.88. The zero-order valence-corrected chi connectivity index (χ0v) is 18.1. The monoisotopic (exact) mass is 461 g/mol. The third-order valence-electron chi connectivity index (χ3n) is 6.59. The average molecular weight is 461 g/mol. The molecule has 0 aromatic heterocycles. The van der Waals surface area contributed by atoms with Gasteiger partial charge in [-0.3, -0.25) is 4.79 Å². The number of carboxylic acids is 1. The van der Waals surface area contributed by atoms with Gasteiger partial charge in [0.05, 0.1) is 5.56 Å². The second-order valence-corrected chi connectivity index (χ2v) is 8.77. The first kappa shape index (κ1) is 23.1. The molecule has 8 heteroatoms. The number of carboxylic acid groups (broad SMARTS) is 1. The van der Waals surface area contributed by atoms with Crippen LogP contribution in [-0.2, 0) is 11.2 Å². The molecule has 1 aliphatic heterocycles. The lowest BCUT2D eigenvalue weighted by molar-refractivity contribution is -0.274. The van der Waals surface area contributed by atoms with Gasteiger partial charge in [0, 0.05) is 18.5 Å². The van der Waals surface area contributed by atoms with Crippen LogP contribution >= 0.6 is 0 Å². The molecule has 33 heavy (non-hydrogen) atoms. The fourth-order valence-electron chi connectivity index (χ4n) is 4.90. The van der Waals surface area contributed by atoms with Gasteiger partial charge in [-0.1, -0.05) is 43.5 Å². The van der Waals surface area contributed by atoms with Crippen molar-refractivity contribution >= 4 is 11.9 Å². The number of hydrogen-bond donors (Lipinski definition) is 1. The Bertz CT molecular complexity index is 1010. The second-order valence-electron chi connectivity index (χ2n) is 8.77. The lowest BCUT2D eigenvalue weighted by Crippen LogP contribution is -2.39. The summed E-state index contributed by atoms with van der Waals surface area (Å²) in [4.78, 5) is 26.0. The zero-order valence-electron chi connectivity index (χ0n) is 18.1. The molecule has 1 unspecified atom stereocenters. The minimum absolute atomic E-state index is 0.0215. The Labute approximate surface area is 190 Å². The van der Waals surface area contributed by atoms with Crippen molar-refractivity contribution < 1.29 is 32.6 Å². The molecular formula is C25H26F3NO4. The summed E-state index contributed by atoms with van der Waals surface area (Å²) in [6.45, 7) is 0.650. The normalized spacial score (nSPS) is 19.7. The number of aromatic carboxylic acids is 1. The van der Waals surface area contributed by atoms with Crippen LogP contribution < -0.4 is 4.74 Å². The molecule has 2 aliphatic rings. The van der Waals surface area contributed by atoms with E-state index in [9.17, 15) is 22.8 Å². The lowest BCUT2D eigenvalue weighted by atomic mass is 9.93. The molecule has 1 aliphatic carbocycles. The highest BCUT2D eigenvalue weighted by Crippen LogP contribution is 2.36. The molecule has 1 saturated carbocycles. The van der Waals surface area contributed by atoms with Crippen molar-refractivity contribution in [2.75, 3.05) is 6.54 Å². The molecule has 4 rings (SSSR count). The molecule has 0 spiro atoms. The number of halogens is 3. The largest absolute Gasteiger partial charge is 0.573 e. The number of rotatable bonds is 6. The van der Waals surface area contributed by atoms with E-state index in [1.165, 1.54) is 24.6 Å². The van der Waals surface area contributed by atoms with Crippen molar-refractivity contribution in [3.63, 3.8) is 0 Å². The number of amides is 1. The van der Waals surface area contributed by atoms with E-state index in [0.29, 0.717) is 29.7 Å². The number of benzene rings is 2. The van der Waals surface area contributed by atoms with Gasteiger partial charge in [0.15, 0.2) is 0 Å². The van der Waals surface area contributed by atoms with Crippen LogP contribution in [0.15, 0.2) is 42.5 Å². The van der Waals surface area contributed by atoms with Gasteiger partial charge in [0.1, 0.15) is 5.75 Å². The predicted molar refractivity (Wildman–Crippen MR) is 116 cm³/mol. The number of hydrogen-bond acceptors (Lipinski definition) is 3. The van der Waals surface area contributed by atoms with Crippen LogP contribution in [0.1, 0.15) is 54.4 Å². The number of nitrogens with zero attached hydrogens (tertiary/aromatic N) is 1. The van der Waals surface area contributed by atoms with E-state index < -0.39 is 12.3 Å². The maximum Gasteiger partial charge on any atom is 0.573 e. The first-order valence-corrected chi connectivity index (χ1v) is 11.2. The van der Waals surface area contributed by atoms with Crippen molar-refractivity contribution in [1.82, 2.24) is 4.90 Å². The van der Waals surface area contributed by atoms with Crippen molar-refractivity contribution in [2.24, 2.45) is 5.92 Å². The summed E-state index contributed by atoms with van der Waals surface area (Å²) in [5.74, 6) is -1.75. The molecule has 1 saturated heterocycles.